The highest BCUT2D eigenvalue weighted by molar-refractivity contribution is 14.0. The van der Waals surface area contributed by atoms with Gasteiger partial charge in [0.15, 0.2) is 5.96 Å². The Kier molecular flexibility index (Phi) is 6.66. The van der Waals surface area contributed by atoms with E-state index in [9.17, 15) is 0 Å². The lowest BCUT2D eigenvalue weighted by atomic mass is 10.2. The molecule has 6 nitrogen and oxygen atoms in total. The van der Waals surface area contributed by atoms with Gasteiger partial charge in [-0.25, -0.2) is 4.99 Å². The molecule has 0 aliphatic heterocycles. The summed E-state index contributed by atoms with van der Waals surface area (Å²) < 4.78 is 6.96. The van der Waals surface area contributed by atoms with Crippen LogP contribution < -0.4 is 15.8 Å². The number of methoxy groups -OCH3 is 1. The fraction of sp³-hybridized carbons (Fsp3) is 0.333. The van der Waals surface area contributed by atoms with Crippen LogP contribution in [-0.4, -0.2) is 22.8 Å². The second kappa shape index (κ2) is 8.02. The maximum Gasteiger partial charge on any atom is 0.193 e. The highest BCUT2D eigenvalue weighted by atomic mass is 127. The number of benzene rings is 1. The quantitative estimate of drug-likeness (QED) is 0.457. The van der Waals surface area contributed by atoms with Crippen LogP contribution in [0.4, 0.5) is 5.69 Å². The third kappa shape index (κ3) is 4.36. The van der Waals surface area contributed by atoms with Crippen LogP contribution in [0.2, 0.25) is 0 Å². The van der Waals surface area contributed by atoms with Crippen LogP contribution in [-0.2, 0) is 13.6 Å². The molecule has 3 N–H and O–H groups in total. The Balaban J connectivity index is 0.00000242. The first-order chi connectivity index (χ1) is 10.0. The van der Waals surface area contributed by atoms with E-state index in [4.69, 9.17) is 10.5 Å². The summed E-state index contributed by atoms with van der Waals surface area (Å²) in [4.78, 5) is 4.37. The molecule has 120 valence electrons. The molecule has 0 amide bonds. The summed E-state index contributed by atoms with van der Waals surface area (Å²) in [5.41, 5.74) is 9.98. The number of hydrogen-bond acceptors (Lipinski definition) is 3. The molecule has 0 bridgehead atoms. The Morgan fingerprint density at radius 1 is 1.32 bits per heavy atom. The number of nitrogens with one attached hydrogen (secondary N) is 1. The standard InChI is InChI=1S/C15H21N5O.HI/c1-10-14(11(2)20(3)19-10)9-17-15(16)18-12-5-7-13(21-4)8-6-12;/h5-8H,9H2,1-4H3,(H3,16,17,18);1H. The average Bonchev–Trinajstić information content (AvgIpc) is 2.71. The lowest BCUT2D eigenvalue weighted by Gasteiger charge is -2.07. The Bertz CT molecular complexity index is 649. The van der Waals surface area contributed by atoms with Crippen LogP contribution in [0.15, 0.2) is 29.3 Å². The van der Waals surface area contributed by atoms with E-state index in [1.54, 1.807) is 7.11 Å². The molecule has 7 heteroatoms. The van der Waals surface area contributed by atoms with Crippen molar-refractivity contribution in [2.75, 3.05) is 12.4 Å². The van der Waals surface area contributed by atoms with Crippen molar-refractivity contribution < 1.29 is 4.74 Å². The van der Waals surface area contributed by atoms with Gasteiger partial charge in [0.2, 0.25) is 0 Å². The SMILES string of the molecule is COc1ccc(NC(N)=NCc2c(C)nn(C)c2C)cc1.I. The Morgan fingerprint density at radius 2 is 1.95 bits per heavy atom. The largest absolute Gasteiger partial charge is 0.497 e. The van der Waals surface area contributed by atoms with Gasteiger partial charge < -0.3 is 15.8 Å². The summed E-state index contributed by atoms with van der Waals surface area (Å²) in [6, 6.07) is 7.51. The predicted octanol–water partition coefficient (Wildman–Crippen LogP) is 2.59. The third-order valence-electron chi connectivity index (χ3n) is 3.43. The molecule has 0 spiro atoms. The second-order valence-corrected chi connectivity index (χ2v) is 4.83. The number of hydrogen-bond donors (Lipinski definition) is 2. The molecule has 1 aromatic heterocycles. The van der Waals surface area contributed by atoms with Crippen molar-refractivity contribution in [2.24, 2.45) is 17.8 Å². The molecule has 0 fully saturated rings. The molecule has 0 unspecified atom stereocenters. The molecule has 2 aromatic rings. The van der Waals surface area contributed by atoms with E-state index in [2.05, 4.69) is 15.4 Å². The molecule has 1 aromatic carbocycles. The first-order valence-corrected chi connectivity index (χ1v) is 6.71. The predicted molar refractivity (Wildman–Crippen MR) is 100 cm³/mol. The fourth-order valence-electron chi connectivity index (χ4n) is 2.07. The topological polar surface area (TPSA) is 77.5 Å². The van der Waals surface area contributed by atoms with E-state index < -0.39 is 0 Å². The number of nitrogens with two attached hydrogens (primary N) is 1. The van der Waals surface area contributed by atoms with E-state index in [0.717, 1.165) is 28.4 Å². The minimum absolute atomic E-state index is 0. The Labute approximate surface area is 147 Å². The van der Waals surface area contributed by atoms with Gasteiger partial charge in [0, 0.05) is 24.0 Å². The number of anilines is 1. The van der Waals surface area contributed by atoms with Crippen molar-refractivity contribution >= 4 is 35.6 Å². The zero-order valence-corrected chi connectivity index (χ0v) is 15.6. The molecule has 0 atom stereocenters. The highest BCUT2D eigenvalue weighted by Crippen LogP contribution is 2.15. The van der Waals surface area contributed by atoms with E-state index in [-0.39, 0.29) is 24.0 Å². The molecule has 0 saturated heterocycles. The molecule has 2 rings (SSSR count). The van der Waals surface area contributed by atoms with Crippen molar-refractivity contribution in [3.63, 3.8) is 0 Å². The molecule has 0 saturated carbocycles. The van der Waals surface area contributed by atoms with Crippen molar-refractivity contribution in [1.29, 1.82) is 0 Å². The van der Waals surface area contributed by atoms with Crippen LogP contribution in [0.1, 0.15) is 17.0 Å². The van der Waals surface area contributed by atoms with E-state index in [0.29, 0.717) is 12.5 Å². The first kappa shape index (κ1) is 18.3. The Hall–Kier alpha value is -1.77. The number of aryl methyl sites for hydroxylation is 2. The number of ether oxygens (including phenoxy) is 1. The van der Waals surface area contributed by atoms with Gasteiger partial charge in [0.05, 0.1) is 19.3 Å². The van der Waals surface area contributed by atoms with Crippen molar-refractivity contribution in [3.05, 3.63) is 41.2 Å². The molecule has 1 heterocycles. The van der Waals surface area contributed by atoms with Crippen LogP contribution in [0.5, 0.6) is 5.75 Å². The average molecular weight is 415 g/mol. The summed E-state index contributed by atoms with van der Waals surface area (Å²) in [6.45, 7) is 4.52. The molecular weight excluding hydrogens is 393 g/mol. The Morgan fingerprint density at radius 3 is 2.45 bits per heavy atom. The van der Waals surface area contributed by atoms with Gasteiger partial charge in [0.25, 0.3) is 0 Å². The maximum atomic E-state index is 5.91. The lowest BCUT2D eigenvalue weighted by Crippen LogP contribution is -2.22. The molecule has 22 heavy (non-hydrogen) atoms. The van der Waals surface area contributed by atoms with Crippen molar-refractivity contribution in [3.8, 4) is 5.75 Å². The minimum atomic E-state index is 0. The molecule has 0 aliphatic rings. The normalized spacial score (nSPS) is 11.0. The van der Waals surface area contributed by atoms with Crippen molar-refractivity contribution in [2.45, 2.75) is 20.4 Å². The first-order valence-electron chi connectivity index (χ1n) is 6.71. The van der Waals surface area contributed by atoms with Gasteiger partial charge in [-0.15, -0.1) is 24.0 Å². The van der Waals surface area contributed by atoms with Gasteiger partial charge in [-0.05, 0) is 38.1 Å². The third-order valence-corrected chi connectivity index (χ3v) is 3.43. The van der Waals surface area contributed by atoms with Gasteiger partial charge >= 0.3 is 0 Å². The zero-order chi connectivity index (χ0) is 15.4. The number of aromatic nitrogens is 2. The summed E-state index contributed by atoms with van der Waals surface area (Å²) in [5, 5.41) is 7.42. The van der Waals surface area contributed by atoms with E-state index >= 15 is 0 Å². The summed E-state index contributed by atoms with van der Waals surface area (Å²) >= 11 is 0. The lowest BCUT2D eigenvalue weighted by molar-refractivity contribution is 0.415. The van der Waals surface area contributed by atoms with Gasteiger partial charge in [0.1, 0.15) is 5.75 Å². The zero-order valence-electron chi connectivity index (χ0n) is 13.3. The molecule has 0 radical (unpaired) electrons. The fourth-order valence-corrected chi connectivity index (χ4v) is 2.07. The van der Waals surface area contributed by atoms with Crippen LogP contribution in [0.25, 0.3) is 0 Å². The van der Waals surface area contributed by atoms with E-state index in [1.807, 2.05) is 49.8 Å². The molecular formula is C15H22IN5O. The highest BCUT2D eigenvalue weighted by Gasteiger charge is 2.08. The molecule has 0 aliphatic carbocycles. The van der Waals surface area contributed by atoms with Gasteiger partial charge in [-0.2, -0.15) is 5.10 Å². The minimum Gasteiger partial charge on any atom is -0.497 e. The van der Waals surface area contributed by atoms with Crippen LogP contribution >= 0.6 is 24.0 Å². The maximum absolute atomic E-state index is 5.91. The number of rotatable bonds is 4. The summed E-state index contributed by atoms with van der Waals surface area (Å²) in [5.74, 6) is 1.18. The monoisotopic (exact) mass is 415 g/mol. The number of aliphatic imine (C=N–C) groups is 1. The number of guanidine groups is 1. The van der Waals surface area contributed by atoms with Crippen LogP contribution in [0, 0.1) is 13.8 Å². The summed E-state index contributed by atoms with van der Waals surface area (Å²) in [6.07, 6.45) is 0. The van der Waals surface area contributed by atoms with E-state index in [1.165, 1.54) is 0 Å². The van der Waals surface area contributed by atoms with Crippen LogP contribution in [0.3, 0.4) is 0 Å². The number of halogens is 1. The van der Waals surface area contributed by atoms with Gasteiger partial charge in [-0.3, -0.25) is 4.68 Å². The second-order valence-electron chi connectivity index (χ2n) is 4.83. The van der Waals surface area contributed by atoms with Gasteiger partial charge in [-0.1, -0.05) is 0 Å². The number of nitrogens with zero attached hydrogens (tertiary/aromatic N) is 3. The summed E-state index contributed by atoms with van der Waals surface area (Å²) in [7, 11) is 3.56. The van der Waals surface area contributed by atoms with Crippen molar-refractivity contribution in [1.82, 2.24) is 9.78 Å². The smallest absolute Gasteiger partial charge is 0.193 e.